The standard InChI is InChI=1S/C17H11ClN2/c18-16-11-10-14-13-8-4-5-9-15(13)20(17(14)19-16)12-6-2-1-3-7-12/h1-11H. The highest BCUT2D eigenvalue weighted by Crippen LogP contribution is 2.31. The Balaban J connectivity index is 2.23. The zero-order valence-electron chi connectivity index (χ0n) is 10.6. The van der Waals surface area contributed by atoms with Crippen molar-refractivity contribution in [3.63, 3.8) is 0 Å². The van der Waals surface area contributed by atoms with Crippen molar-refractivity contribution >= 4 is 33.5 Å². The van der Waals surface area contributed by atoms with Crippen LogP contribution in [0.4, 0.5) is 0 Å². The molecule has 0 fully saturated rings. The lowest BCUT2D eigenvalue weighted by atomic mass is 10.2. The first-order valence-electron chi connectivity index (χ1n) is 6.46. The number of fused-ring (bicyclic) bond motifs is 3. The van der Waals surface area contributed by atoms with Crippen LogP contribution in [0.5, 0.6) is 0 Å². The van der Waals surface area contributed by atoms with E-state index in [0.29, 0.717) is 5.15 Å². The van der Waals surface area contributed by atoms with Crippen LogP contribution in [0.15, 0.2) is 66.7 Å². The quantitative estimate of drug-likeness (QED) is 0.456. The van der Waals surface area contributed by atoms with Crippen LogP contribution in [0.1, 0.15) is 0 Å². The third-order valence-electron chi connectivity index (χ3n) is 3.50. The van der Waals surface area contributed by atoms with E-state index < -0.39 is 0 Å². The number of rotatable bonds is 1. The molecule has 0 spiro atoms. The fourth-order valence-electron chi connectivity index (χ4n) is 2.65. The van der Waals surface area contributed by atoms with E-state index in [9.17, 15) is 0 Å². The van der Waals surface area contributed by atoms with E-state index in [-0.39, 0.29) is 0 Å². The molecule has 0 aliphatic heterocycles. The topological polar surface area (TPSA) is 17.8 Å². The molecule has 0 saturated carbocycles. The molecule has 0 radical (unpaired) electrons. The van der Waals surface area contributed by atoms with Crippen molar-refractivity contribution in [1.82, 2.24) is 9.55 Å². The predicted molar refractivity (Wildman–Crippen MR) is 83.6 cm³/mol. The van der Waals surface area contributed by atoms with Gasteiger partial charge in [-0.3, -0.25) is 4.57 Å². The van der Waals surface area contributed by atoms with Gasteiger partial charge in [0.25, 0.3) is 0 Å². The fraction of sp³-hybridized carbons (Fsp3) is 0. The van der Waals surface area contributed by atoms with Crippen LogP contribution in [0, 0.1) is 0 Å². The molecule has 0 unspecified atom stereocenters. The molecule has 0 N–H and O–H groups in total. The normalized spacial score (nSPS) is 11.2. The lowest BCUT2D eigenvalue weighted by molar-refractivity contribution is 1.14. The second-order valence-corrected chi connectivity index (χ2v) is 5.08. The highest BCUT2D eigenvalue weighted by molar-refractivity contribution is 6.30. The third kappa shape index (κ3) is 1.62. The van der Waals surface area contributed by atoms with Crippen LogP contribution >= 0.6 is 11.6 Å². The third-order valence-corrected chi connectivity index (χ3v) is 3.71. The van der Waals surface area contributed by atoms with Crippen molar-refractivity contribution in [2.75, 3.05) is 0 Å². The Kier molecular flexibility index (Phi) is 2.51. The Labute approximate surface area is 121 Å². The van der Waals surface area contributed by atoms with E-state index >= 15 is 0 Å². The first-order valence-corrected chi connectivity index (χ1v) is 6.83. The van der Waals surface area contributed by atoms with E-state index in [4.69, 9.17) is 11.6 Å². The van der Waals surface area contributed by atoms with Gasteiger partial charge in [-0.05, 0) is 30.3 Å². The maximum Gasteiger partial charge on any atom is 0.147 e. The zero-order chi connectivity index (χ0) is 13.5. The van der Waals surface area contributed by atoms with Crippen molar-refractivity contribution in [1.29, 1.82) is 0 Å². The van der Waals surface area contributed by atoms with Crippen molar-refractivity contribution in [3.8, 4) is 5.69 Å². The maximum absolute atomic E-state index is 6.08. The van der Waals surface area contributed by atoms with Crippen LogP contribution in [0.3, 0.4) is 0 Å². The Morgan fingerprint density at radius 1 is 0.750 bits per heavy atom. The summed E-state index contributed by atoms with van der Waals surface area (Å²) >= 11 is 6.08. The molecule has 4 aromatic rings. The molecule has 2 aromatic carbocycles. The average Bonchev–Trinajstić information content (AvgIpc) is 2.81. The monoisotopic (exact) mass is 278 g/mol. The highest BCUT2D eigenvalue weighted by Gasteiger charge is 2.12. The summed E-state index contributed by atoms with van der Waals surface area (Å²) in [5.41, 5.74) is 3.13. The van der Waals surface area contributed by atoms with Gasteiger partial charge in [0.2, 0.25) is 0 Å². The van der Waals surface area contributed by atoms with Crippen LogP contribution in [-0.2, 0) is 0 Å². The lowest BCUT2D eigenvalue weighted by Crippen LogP contribution is -1.94. The van der Waals surface area contributed by atoms with Crippen molar-refractivity contribution < 1.29 is 0 Å². The van der Waals surface area contributed by atoms with E-state index in [0.717, 1.165) is 22.2 Å². The molecule has 0 amide bonds. The summed E-state index contributed by atoms with van der Waals surface area (Å²) in [5.74, 6) is 0. The minimum absolute atomic E-state index is 0.512. The second-order valence-electron chi connectivity index (χ2n) is 4.69. The molecule has 96 valence electrons. The molecule has 3 heteroatoms. The smallest absolute Gasteiger partial charge is 0.147 e. The lowest BCUT2D eigenvalue weighted by Gasteiger charge is -2.06. The van der Waals surface area contributed by atoms with E-state index in [1.165, 1.54) is 5.39 Å². The van der Waals surface area contributed by atoms with Gasteiger partial charge >= 0.3 is 0 Å². The summed E-state index contributed by atoms with van der Waals surface area (Å²) in [6, 6.07) is 22.4. The summed E-state index contributed by atoms with van der Waals surface area (Å²) in [6.07, 6.45) is 0. The van der Waals surface area contributed by atoms with Crippen LogP contribution in [0.25, 0.3) is 27.6 Å². The minimum atomic E-state index is 0.512. The number of hydrogen-bond acceptors (Lipinski definition) is 1. The molecule has 2 heterocycles. The van der Waals surface area contributed by atoms with Crippen molar-refractivity contribution in [2.24, 2.45) is 0 Å². The predicted octanol–water partition coefficient (Wildman–Crippen LogP) is 4.83. The SMILES string of the molecule is Clc1ccc2c3ccccc3n(-c3ccccc3)c2n1. The van der Waals surface area contributed by atoms with E-state index in [2.05, 4.69) is 33.8 Å². The minimum Gasteiger partial charge on any atom is -0.294 e. The van der Waals surface area contributed by atoms with Gasteiger partial charge in [-0.25, -0.2) is 4.98 Å². The Bertz CT molecular complexity index is 910. The molecule has 0 aliphatic carbocycles. The first kappa shape index (κ1) is 11.5. The summed E-state index contributed by atoms with van der Waals surface area (Å²) in [7, 11) is 0. The Hall–Kier alpha value is -2.32. The van der Waals surface area contributed by atoms with Gasteiger partial charge in [0, 0.05) is 16.5 Å². The number of halogens is 1. The van der Waals surface area contributed by atoms with Gasteiger partial charge in [-0.1, -0.05) is 48.0 Å². The van der Waals surface area contributed by atoms with Crippen molar-refractivity contribution in [2.45, 2.75) is 0 Å². The highest BCUT2D eigenvalue weighted by atomic mass is 35.5. The van der Waals surface area contributed by atoms with Gasteiger partial charge in [0.15, 0.2) is 0 Å². The molecule has 0 atom stereocenters. The molecule has 2 nitrogen and oxygen atoms in total. The number of nitrogens with zero attached hydrogens (tertiary/aromatic N) is 2. The van der Waals surface area contributed by atoms with Gasteiger partial charge in [-0.15, -0.1) is 0 Å². The maximum atomic E-state index is 6.08. The molecular weight excluding hydrogens is 268 g/mol. The fourth-order valence-corrected chi connectivity index (χ4v) is 2.80. The van der Waals surface area contributed by atoms with Crippen molar-refractivity contribution in [3.05, 3.63) is 71.9 Å². The number of para-hydroxylation sites is 2. The molecule has 20 heavy (non-hydrogen) atoms. The van der Waals surface area contributed by atoms with Crippen LogP contribution in [0.2, 0.25) is 5.15 Å². The molecule has 2 aromatic heterocycles. The van der Waals surface area contributed by atoms with Gasteiger partial charge < -0.3 is 0 Å². The summed E-state index contributed by atoms with van der Waals surface area (Å²) < 4.78 is 2.15. The van der Waals surface area contributed by atoms with E-state index in [1.807, 2.05) is 42.5 Å². The second kappa shape index (κ2) is 4.36. The molecule has 0 saturated heterocycles. The molecule has 4 rings (SSSR count). The molecule has 0 aliphatic rings. The van der Waals surface area contributed by atoms with Crippen LogP contribution in [-0.4, -0.2) is 9.55 Å². The number of pyridine rings is 1. The molecular formula is C17H11ClN2. The summed E-state index contributed by atoms with van der Waals surface area (Å²) in [6.45, 7) is 0. The zero-order valence-corrected chi connectivity index (χ0v) is 11.4. The Morgan fingerprint density at radius 3 is 2.35 bits per heavy atom. The summed E-state index contributed by atoms with van der Waals surface area (Å²) in [4.78, 5) is 4.52. The van der Waals surface area contributed by atoms with Gasteiger partial charge in [0.05, 0.1) is 5.52 Å². The number of benzene rings is 2. The largest absolute Gasteiger partial charge is 0.294 e. The first-order chi connectivity index (χ1) is 9.84. The van der Waals surface area contributed by atoms with E-state index in [1.54, 1.807) is 0 Å². The average molecular weight is 279 g/mol. The van der Waals surface area contributed by atoms with Gasteiger partial charge in [0.1, 0.15) is 10.8 Å². The summed E-state index contributed by atoms with van der Waals surface area (Å²) in [5, 5.41) is 2.82. The van der Waals surface area contributed by atoms with Crippen LogP contribution < -0.4 is 0 Å². The Morgan fingerprint density at radius 2 is 1.50 bits per heavy atom. The number of hydrogen-bond donors (Lipinski definition) is 0. The van der Waals surface area contributed by atoms with Gasteiger partial charge in [-0.2, -0.15) is 0 Å². The molecule has 0 bridgehead atoms. The number of aromatic nitrogens is 2.